The molecule has 0 radical (unpaired) electrons. The maximum Gasteiger partial charge on any atom is 0.229 e. The molecule has 0 bridgehead atoms. The van der Waals surface area contributed by atoms with E-state index in [1.165, 1.54) is 0 Å². The molecule has 2 aromatic rings. The minimum absolute atomic E-state index is 0.0186. The smallest absolute Gasteiger partial charge is 0.229 e. The number of ether oxygens (including phenoxy) is 1. The molecule has 3 rings (SSSR count). The summed E-state index contributed by atoms with van der Waals surface area (Å²) in [5.41, 5.74) is 1.85. The summed E-state index contributed by atoms with van der Waals surface area (Å²) in [5, 5.41) is 9.86. The van der Waals surface area contributed by atoms with Gasteiger partial charge in [0.05, 0.1) is 28.8 Å². The van der Waals surface area contributed by atoms with Crippen molar-refractivity contribution in [2.45, 2.75) is 13.3 Å². The third-order valence-corrected chi connectivity index (χ3v) is 4.33. The summed E-state index contributed by atoms with van der Waals surface area (Å²) in [6, 6.07) is 3.91. The Morgan fingerprint density at radius 2 is 2.53 bits per heavy atom. The molecule has 6 heteroatoms. The predicted molar refractivity (Wildman–Crippen MR) is 74.2 cm³/mol. The van der Waals surface area contributed by atoms with E-state index in [9.17, 15) is 4.79 Å². The Labute approximate surface area is 115 Å². The number of carbonyl (C=O) groups excluding carboxylic acids is 1. The van der Waals surface area contributed by atoms with Crippen LogP contribution in [0.4, 0.5) is 5.69 Å². The fourth-order valence-corrected chi connectivity index (χ4v) is 3.06. The monoisotopic (exact) mass is 277 g/mol. The topological polar surface area (TPSA) is 67.0 Å². The maximum absolute atomic E-state index is 12.1. The van der Waals surface area contributed by atoms with Crippen molar-refractivity contribution >= 4 is 22.9 Å². The zero-order valence-corrected chi connectivity index (χ0v) is 11.4. The van der Waals surface area contributed by atoms with Crippen molar-refractivity contribution in [2.75, 3.05) is 18.5 Å². The Bertz CT molecular complexity index is 571. The van der Waals surface area contributed by atoms with Crippen LogP contribution in [0.3, 0.4) is 0 Å². The number of hydrogen-bond acceptors (Lipinski definition) is 4. The van der Waals surface area contributed by atoms with Gasteiger partial charge >= 0.3 is 0 Å². The molecule has 19 heavy (non-hydrogen) atoms. The van der Waals surface area contributed by atoms with Crippen molar-refractivity contribution in [3.8, 4) is 10.6 Å². The largest absolute Gasteiger partial charge is 0.381 e. The maximum atomic E-state index is 12.1. The molecule has 3 heterocycles. The lowest BCUT2D eigenvalue weighted by Crippen LogP contribution is -2.22. The molecule has 0 saturated carbocycles. The number of aryl methyl sites for hydroxylation is 1. The normalized spacial score (nSPS) is 18.7. The number of aromatic amines is 1. The lowest BCUT2D eigenvalue weighted by atomic mass is 10.1. The summed E-state index contributed by atoms with van der Waals surface area (Å²) in [6.07, 6.45) is 2.53. The van der Waals surface area contributed by atoms with Gasteiger partial charge in [-0.3, -0.25) is 9.89 Å². The highest BCUT2D eigenvalue weighted by atomic mass is 32.1. The van der Waals surface area contributed by atoms with Crippen molar-refractivity contribution in [3.63, 3.8) is 0 Å². The van der Waals surface area contributed by atoms with Crippen LogP contribution in [0.25, 0.3) is 10.6 Å². The first-order chi connectivity index (χ1) is 9.24. The quantitative estimate of drug-likeness (QED) is 0.905. The van der Waals surface area contributed by atoms with E-state index in [1.807, 2.05) is 19.1 Å². The third kappa shape index (κ3) is 2.54. The second-order valence-corrected chi connectivity index (χ2v) is 5.86. The van der Waals surface area contributed by atoms with Gasteiger partial charge in [0.15, 0.2) is 0 Å². The highest BCUT2D eigenvalue weighted by Crippen LogP contribution is 2.33. The van der Waals surface area contributed by atoms with Crippen LogP contribution in [0.1, 0.15) is 11.3 Å². The van der Waals surface area contributed by atoms with Crippen molar-refractivity contribution in [2.24, 2.45) is 5.92 Å². The van der Waals surface area contributed by atoms with Crippen molar-refractivity contribution in [3.05, 3.63) is 23.2 Å². The number of aromatic nitrogens is 2. The Hall–Kier alpha value is -1.66. The first-order valence-corrected chi connectivity index (χ1v) is 7.04. The lowest BCUT2D eigenvalue weighted by molar-refractivity contribution is -0.119. The van der Waals surface area contributed by atoms with Crippen LogP contribution in [0.2, 0.25) is 0 Å². The molecule has 1 atom stereocenters. The van der Waals surface area contributed by atoms with Crippen LogP contribution in [-0.4, -0.2) is 29.3 Å². The molecule has 1 saturated heterocycles. The van der Waals surface area contributed by atoms with Crippen LogP contribution < -0.4 is 5.32 Å². The van der Waals surface area contributed by atoms with E-state index in [1.54, 1.807) is 17.5 Å². The van der Waals surface area contributed by atoms with Crippen molar-refractivity contribution in [1.82, 2.24) is 10.2 Å². The number of hydrogen-bond donors (Lipinski definition) is 2. The second-order valence-electron chi connectivity index (χ2n) is 4.60. The van der Waals surface area contributed by atoms with Crippen molar-refractivity contribution < 1.29 is 9.53 Å². The molecule has 1 amide bonds. The summed E-state index contributed by atoms with van der Waals surface area (Å²) < 4.78 is 5.24. The van der Waals surface area contributed by atoms with Crippen LogP contribution in [-0.2, 0) is 9.53 Å². The molecular formula is C13H15N3O2S. The van der Waals surface area contributed by atoms with Gasteiger partial charge in [-0.05, 0) is 25.5 Å². The Morgan fingerprint density at radius 3 is 3.21 bits per heavy atom. The Morgan fingerprint density at radius 1 is 1.63 bits per heavy atom. The average molecular weight is 277 g/mol. The Kier molecular flexibility index (Phi) is 3.35. The summed E-state index contributed by atoms with van der Waals surface area (Å²) in [6.45, 7) is 3.22. The van der Waals surface area contributed by atoms with E-state index in [2.05, 4.69) is 15.5 Å². The highest BCUT2D eigenvalue weighted by molar-refractivity contribution is 7.16. The number of H-pyrrole nitrogens is 1. The molecule has 0 spiro atoms. The number of nitrogens with zero attached hydrogens (tertiary/aromatic N) is 1. The van der Waals surface area contributed by atoms with Gasteiger partial charge < -0.3 is 10.1 Å². The fraction of sp³-hybridized carbons (Fsp3) is 0.385. The van der Waals surface area contributed by atoms with Crippen LogP contribution in [0, 0.1) is 12.8 Å². The molecule has 1 aliphatic rings. The SMILES string of the molecule is Cc1sc(-c2ccn[nH]2)cc1NC(=O)[C@H]1CCOC1. The average Bonchev–Trinajstić information content (AvgIpc) is 3.09. The van der Waals surface area contributed by atoms with E-state index >= 15 is 0 Å². The van der Waals surface area contributed by atoms with Gasteiger partial charge in [0.25, 0.3) is 0 Å². The van der Waals surface area contributed by atoms with E-state index in [-0.39, 0.29) is 11.8 Å². The molecule has 0 aliphatic carbocycles. The first-order valence-electron chi connectivity index (χ1n) is 6.23. The van der Waals surface area contributed by atoms with Crippen LogP contribution >= 0.6 is 11.3 Å². The number of nitrogens with one attached hydrogen (secondary N) is 2. The number of anilines is 1. The lowest BCUT2D eigenvalue weighted by Gasteiger charge is -2.08. The summed E-state index contributed by atoms with van der Waals surface area (Å²) >= 11 is 1.64. The molecule has 1 fully saturated rings. The number of rotatable bonds is 3. The molecule has 2 aromatic heterocycles. The number of amides is 1. The fourth-order valence-electron chi connectivity index (χ4n) is 2.11. The van der Waals surface area contributed by atoms with E-state index < -0.39 is 0 Å². The standard InChI is InChI=1S/C13H15N3O2S/c1-8-11(15-13(17)9-3-5-18-7-9)6-12(19-8)10-2-4-14-16-10/h2,4,6,9H,3,5,7H2,1H3,(H,14,16)(H,15,17)/t9-/m0/s1. The van der Waals surface area contributed by atoms with Gasteiger partial charge in [0, 0.05) is 17.7 Å². The first kappa shape index (κ1) is 12.4. The van der Waals surface area contributed by atoms with Gasteiger partial charge in [0.2, 0.25) is 5.91 Å². The number of thiophene rings is 1. The van der Waals surface area contributed by atoms with Crippen molar-refractivity contribution in [1.29, 1.82) is 0 Å². The second kappa shape index (κ2) is 5.14. The minimum atomic E-state index is -0.0186. The van der Waals surface area contributed by atoms with Gasteiger partial charge in [-0.2, -0.15) is 5.10 Å². The van der Waals surface area contributed by atoms with E-state index in [0.717, 1.165) is 27.6 Å². The highest BCUT2D eigenvalue weighted by Gasteiger charge is 2.24. The van der Waals surface area contributed by atoms with Gasteiger partial charge in [-0.1, -0.05) is 0 Å². The molecule has 5 nitrogen and oxygen atoms in total. The Balaban J connectivity index is 1.76. The predicted octanol–water partition coefficient (Wildman–Crippen LogP) is 2.42. The minimum Gasteiger partial charge on any atom is -0.381 e. The van der Waals surface area contributed by atoms with E-state index in [0.29, 0.717) is 13.2 Å². The molecule has 100 valence electrons. The zero-order valence-electron chi connectivity index (χ0n) is 10.6. The van der Waals surface area contributed by atoms with Crippen LogP contribution in [0.15, 0.2) is 18.3 Å². The molecule has 0 aromatic carbocycles. The summed E-state index contributed by atoms with van der Waals surface area (Å²) in [7, 11) is 0. The summed E-state index contributed by atoms with van der Waals surface area (Å²) in [5.74, 6) is 0.0319. The third-order valence-electron chi connectivity index (χ3n) is 3.24. The zero-order chi connectivity index (χ0) is 13.2. The molecule has 2 N–H and O–H groups in total. The summed E-state index contributed by atoms with van der Waals surface area (Å²) in [4.78, 5) is 14.2. The number of carbonyl (C=O) groups is 1. The van der Waals surface area contributed by atoms with Gasteiger partial charge in [-0.25, -0.2) is 0 Å². The van der Waals surface area contributed by atoms with E-state index in [4.69, 9.17) is 4.74 Å². The van der Waals surface area contributed by atoms with Gasteiger partial charge in [-0.15, -0.1) is 11.3 Å². The molecule has 1 aliphatic heterocycles. The molecule has 0 unspecified atom stereocenters. The van der Waals surface area contributed by atoms with Gasteiger partial charge in [0.1, 0.15) is 0 Å². The van der Waals surface area contributed by atoms with Crippen LogP contribution in [0.5, 0.6) is 0 Å². The molecular weight excluding hydrogens is 262 g/mol.